The lowest BCUT2D eigenvalue weighted by Gasteiger charge is -2.20. The number of anilines is 1. The maximum absolute atomic E-state index is 12.2. The Labute approximate surface area is 132 Å². The van der Waals surface area contributed by atoms with Crippen LogP contribution in [0, 0.1) is 5.92 Å². The van der Waals surface area contributed by atoms with Crippen LogP contribution in [-0.4, -0.2) is 57.7 Å². The zero-order valence-corrected chi connectivity index (χ0v) is 13.2. The second-order valence-electron chi connectivity index (χ2n) is 5.59. The van der Waals surface area contributed by atoms with E-state index in [1.54, 1.807) is 13.8 Å². The van der Waals surface area contributed by atoms with E-state index in [0.29, 0.717) is 0 Å². The third-order valence-corrected chi connectivity index (χ3v) is 3.64. The van der Waals surface area contributed by atoms with Gasteiger partial charge in [0.1, 0.15) is 24.1 Å². The summed E-state index contributed by atoms with van der Waals surface area (Å²) in [5, 5.41) is 21.7. The van der Waals surface area contributed by atoms with Crippen molar-refractivity contribution >= 4 is 11.7 Å². The van der Waals surface area contributed by atoms with Crippen LogP contribution in [0.2, 0.25) is 0 Å². The minimum atomic E-state index is -1.07. The average molecular weight is 327 g/mol. The van der Waals surface area contributed by atoms with Crippen molar-refractivity contribution in [3.63, 3.8) is 0 Å². The summed E-state index contributed by atoms with van der Waals surface area (Å²) < 4.78 is 11.8. The maximum atomic E-state index is 12.2. The van der Waals surface area contributed by atoms with E-state index in [2.05, 4.69) is 10.3 Å². The van der Waals surface area contributed by atoms with Crippen molar-refractivity contribution in [3.05, 3.63) is 22.7 Å². The minimum Gasteiger partial charge on any atom is -0.394 e. The molecule has 0 aliphatic carbocycles. The van der Waals surface area contributed by atoms with Gasteiger partial charge in [0, 0.05) is 19.2 Å². The molecule has 1 aliphatic rings. The number of aliphatic hydroxyl groups is 2. The van der Waals surface area contributed by atoms with Gasteiger partial charge in [-0.3, -0.25) is 9.36 Å². The first-order valence-corrected chi connectivity index (χ1v) is 7.26. The number of carbonyl (C=O) groups excluding carboxylic acids is 1. The molecule has 1 aromatic rings. The fourth-order valence-electron chi connectivity index (χ4n) is 2.29. The van der Waals surface area contributed by atoms with Crippen LogP contribution in [0.15, 0.2) is 17.1 Å². The molecule has 2 heterocycles. The molecule has 1 amide bonds. The third-order valence-electron chi connectivity index (χ3n) is 3.64. The third kappa shape index (κ3) is 3.58. The van der Waals surface area contributed by atoms with Gasteiger partial charge >= 0.3 is 5.69 Å². The number of carbonyl (C=O) groups is 1. The highest BCUT2D eigenvalue weighted by molar-refractivity contribution is 5.91. The molecule has 2 rings (SSSR count). The number of ether oxygens (including phenoxy) is 2. The van der Waals surface area contributed by atoms with Gasteiger partial charge in [0.15, 0.2) is 6.23 Å². The zero-order chi connectivity index (χ0) is 17.1. The molecule has 1 aliphatic heterocycles. The molecule has 4 unspecified atom stereocenters. The van der Waals surface area contributed by atoms with E-state index in [1.807, 2.05) is 0 Å². The lowest BCUT2D eigenvalue weighted by atomic mass is 10.1. The van der Waals surface area contributed by atoms with Crippen molar-refractivity contribution in [1.29, 1.82) is 0 Å². The Hall–Kier alpha value is -1.81. The van der Waals surface area contributed by atoms with Crippen molar-refractivity contribution in [2.24, 2.45) is 5.92 Å². The van der Waals surface area contributed by atoms with Crippen LogP contribution < -0.4 is 11.0 Å². The van der Waals surface area contributed by atoms with Crippen LogP contribution in [0.3, 0.4) is 0 Å². The number of aliphatic hydroxyl groups excluding tert-OH is 2. The highest BCUT2D eigenvalue weighted by Gasteiger charge is 2.45. The predicted molar refractivity (Wildman–Crippen MR) is 79.8 cm³/mol. The molecule has 4 atom stereocenters. The molecular weight excluding hydrogens is 306 g/mol. The Kier molecular flexibility index (Phi) is 5.47. The van der Waals surface area contributed by atoms with Crippen molar-refractivity contribution < 1.29 is 24.5 Å². The van der Waals surface area contributed by atoms with Gasteiger partial charge in [-0.15, -0.1) is 0 Å². The molecule has 3 N–H and O–H groups in total. The van der Waals surface area contributed by atoms with Gasteiger partial charge in [-0.2, -0.15) is 4.98 Å². The molecule has 1 fully saturated rings. The molecule has 0 radical (unpaired) electrons. The quantitative estimate of drug-likeness (QED) is 0.640. The summed E-state index contributed by atoms with van der Waals surface area (Å²) >= 11 is 0. The van der Waals surface area contributed by atoms with Crippen LogP contribution in [0.25, 0.3) is 0 Å². The number of amides is 1. The molecular formula is C14H21N3O6. The summed E-state index contributed by atoms with van der Waals surface area (Å²) in [6.07, 6.45) is -2.25. The number of hydrogen-bond acceptors (Lipinski definition) is 7. The van der Waals surface area contributed by atoms with Crippen molar-refractivity contribution in [2.75, 3.05) is 19.0 Å². The van der Waals surface area contributed by atoms with Gasteiger partial charge in [0.2, 0.25) is 5.91 Å². The second kappa shape index (κ2) is 7.18. The predicted octanol–water partition coefficient (Wildman–Crippen LogP) is -0.897. The number of methoxy groups -OCH3 is 1. The molecule has 9 nitrogen and oxygen atoms in total. The van der Waals surface area contributed by atoms with Gasteiger partial charge in [-0.05, 0) is 6.07 Å². The number of aromatic nitrogens is 2. The van der Waals surface area contributed by atoms with Crippen molar-refractivity contribution in [3.8, 4) is 0 Å². The Balaban J connectivity index is 2.24. The lowest BCUT2D eigenvalue weighted by molar-refractivity contribution is -0.118. The molecule has 1 aromatic heterocycles. The minimum absolute atomic E-state index is 0.135. The Morgan fingerprint density at radius 3 is 2.78 bits per heavy atom. The Bertz CT molecular complexity index is 617. The summed E-state index contributed by atoms with van der Waals surface area (Å²) in [6.45, 7) is 3.05. The SMILES string of the molecule is COC1C(O)C(CO)OC1n1ccc(NC(=O)C(C)C)nc1=O. The first-order valence-electron chi connectivity index (χ1n) is 7.26. The zero-order valence-electron chi connectivity index (χ0n) is 13.2. The largest absolute Gasteiger partial charge is 0.394 e. The Morgan fingerprint density at radius 1 is 1.57 bits per heavy atom. The number of nitrogens with one attached hydrogen (secondary N) is 1. The highest BCUT2D eigenvalue weighted by Crippen LogP contribution is 2.30. The van der Waals surface area contributed by atoms with E-state index in [1.165, 1.54) is 19.4 Å². The van der Waals surface area contributed by atoms with Gasteiger partial charge in [-0.1, -0.05) is 13.8 Å². The van der Waals surface area contributed by atoms with Gasteiger partial charge in [0.05, 0.1) is 6.61 Å². The number of nitrogens with zero attached hydrogens (tertiary/aromatic N) is 2. The van der Waals surface area contributed by atoms with Crippen molar-refractivity contribution in [2.45, 2.75) is 38.4 Å². The molecule has 0 spiro atoms. The molecule has 0 saturated carbocycles. The number of hydrogen-bond donors (Lipinski definition) is 3. The van der Waals surface area contributed by atoms with Gasteiger partial charge < -0.3 is 25.0 Å². The van der Waals surface area contributed by atoms with Crippen LogP contribution in [0.4, 0.5) is 5.82 Å². The monoisotopic (exact) mass is 327 g/mol. The fourth-order valence-corrected chi connectivity index (χ4v) is 2.29. The van der Waals surface area contributed by atoms with E-state index in [9.17, 15) is 19.8 Å². The molecule has 0 bridgehead atoms. The average Bonchev–Trinajstić information content (AvgIpc) is 2.83. The topological polar surface area (TPSA) is 123 Å². The summed E-state index contributed by atoms with van der Waals surface area (Å²) in [4.78, 5) is 27.6. The van der Waals surface area contributed by atoms with Crippen molar-refractivity contribution in [1.82, 2.24) is 9.55 Å². The first kappa shape index (κ1) is 17.5. The summed E-state index contributed by atoms with van der Waals surface area (Å²) in [6, 6.07) is 1.45. The van der Waals surface area contributed by atoms with Crippen LogP contribution in [0.5, 0.6) is 0 Å². The van der Waals surface area contributed by atoms with Gasteiger partial charge in [-0.25, -0.2) is 4.79 Å². The van der Waals surface area contributed by atoms with Crippen LogP contribution in [0.1, 0.15) is 20.1 Å². The van der Waals surface area contributed by atoms with E-state index < -0.39 is 36.8 Å². The first-order chi connectivity index (χ1) is 10.9. The fraction of sp³-hybridized carbons (Fsp3) is 0.643. The molecule has 23 heavy (non-hydrogen) atoms. The summed E-state index contributed by atoms with van der Waals surface area (Å²) in [5.41, 5.74) is -0.663. The molecule has 0 aromatic carbocycles. The van der Waals surface area contributed by atoms with E-state index in [-0.39, 0.29) is 17.6 Å². The second-order valence-corrected chi connectivity index (χ2v) is 5.59. The lowest BCUT2D eigenvalue weighted by Crippen LogP contribution is -2.37. The van der Waals surface area contributed by atoms with E-state index in [4.69, 9.17) is 9.47 Å². The van der Waals surface area contributed by atoms with E-state index in [0.717, 1.165) is 4.57 Å². The summed E-state index contributed by atoms with van der Waals surface area (Å²) in [5.74, 6) is -0.357. The standard InChI is InChI=1S/C14H21N3O6/c1-7(2)12(20)15-9-4-5-17(14(21)16-9)13-11(22-3)10(19)8(6-18)23-13/h4-5,7-8,10-11,13,18-19H,6H2,1-3H3,(H,15,16,20,21). The highest BCUT2D eigenvalue weighted by atomic mass is 16.6. The molecule has 1 saturated heterocycles. The Morgan fingerprint density at radius 2 is 2.26 bits per heavy atom. The van der Waals surface area contributed by atoms with Crippen LogP contribution >= 0.6 is 0 Å². The maximum Gasteiger partial charge on any atom is 0.351 e. The van der Waals surface area contributed by atoms with E-state index >= 15 is 0 Å². The molecule has 9 heteroatoms. The summed E-state index contributed by atoms with van der Waals surface area (Å²) in [7, 11) is 1.37. The normalized spacial score (nSPS) is 27.4. The van der Waals surface area contributed by atoms with Gasteiger partial charge in [0.25, 0.3) is 0 Å². The molecule has 128 valence electrons. The van der Waals surface area contributed by atoms with Crippen LogP contribution in [-0.2, 0) is 14.3 Å². The number of rotatable bonds is 5. The smallest absolute Gasteiger partial charge is 0.351 e.